The molecule has 1 aromatic carbocycles. The summed E-state index contributed by atoms with van der Waals surface area (Å²) in [5.41, 5.74) is 3.19. The summed E-state index contributed by atoms with van der Waals surface area (Å²) >= 11 is 0. The first-order chi connectivity index (χ1) is 12.5. The SMILES string of the molecule is CCCCC(CC)COCCCNC(=O)Nc1c(C)cccc1C(C)C. The van der Waals surface area contributed by atoms with Crippen LogP contribution in [-0.2, 0) is 4.74 Å². The number of aryl methyl sites for hydroxylation is 1. The van der Waals surface area contributed by atoms with E-state index in [1.807, 2.05) is 19.1 Å². The molecule has 0 bridgehead atoms. The molecule has 26 heavy (non-hydrogen) atoms. The molecule has 0 aliphatic rings. The molecule has 0 saturated carbocycles. The second kappa shape index (κ2) is 12.7. The number of benzene rings is 1. The Balaban J connectivity index is 2.28. The van der Waals surface area contributed by atoms with Crippen molar-refractivity contribution in [1.29, 1.82) is 0 Å². The summed E-state index contributed by atoms with van der Waals surface area (Å²) < 4.78 is 5.78. The van der Waals surface area contributed by atoms with Crippen LogP contribution in [0.2, 0.25) is 0 Å². The Hall–Kier alpha value is -1.55. The van der Waals surface area contributed by atoms with Crippen molar-refractivity contribution < 1.29 is 9.53 Å². The Labute approximate surface area is 160 Å². The molecule has 0 spiro atoms. The first kappa shape index (κ1) is 22.5. The Morgan fingerprint density at radius 1 is 1.19 bits per heavy atom. The van der Waals surface area contributed by atoms with Crippen molar-refractivity contribution in [1.82, 2.24) is 5.32 Å². The highest BCUT2D eigenvalue weighted by molar-refractivity contribution is 5.91. The number of rotatable bonds is 12. The Morgan fingerprint density at radius 3 is 2.62 bits per heavy atom. The number of anilines is 1. The number of para-hydroxylation sites is 1. The van der Waals surface area contributed by atoms with E-state index >= 15 is 0 Å². The van der Waals surface area contributed by atoms with Crippen LogP contribution in [0.1, 0.15) is 76.8 Å². The Morgan fingerprint density at radius 2 is 1.96 bits per heavy atom. The summed E-state index contributed by atoms with van der Waals surface area (Å²) in [5.74, 6) is 1.04. The molecule has 1 rings (SSSR count). The highest BCUT2D eigenvalue weighted by Crippen LogP contribution is 2.27. The first-order valence-electron chi connectivity index (χ1n) is 10.2. The normalized spacial score (nSPS) is 12.2. The van der Waals surface area contributed by atoms with Gasteiger partial charge in [0.2, 0.25) is 0 Å². The molecule has 2 amide bonds. The van der Waals surface area contributed by atoms with Gasteiger partial charge >= 0.3 is 6.03 Å². The molecule has 0 fully saturated rings. The van der Waals surface area contributed by atoms with Gasteiger partial charge in [-0.1, -0.05) is 65.2 Å². The van der Waals surface area contributed by atoms with Crippen molar-refractivity contribution in [2.24, 2.45) is 5.92 Å². The van der Waals surface area contributed by atoms with Crippen LogP contribution >= 0.6 is 0 Å². The predicted octanol–water partition coefficient (Wildman–Crippen LogP) is 5.86. The molecule has 4 heteroatoms. The fourth-order valence-corrected chi connectivity index (χ4v) is 3.02. The summed E-state index contributed by atoms with van der Waals surface area (Å²) in [6.07, 6.45) is 5.79. The van der Waals surface area contributed by atoms with Gasteiger partial charge in [0.15, 0.2) is 0 Å². The van der Waals surface area contributed by atoms with E-state index in [1.165, 1.54) is 31.2 Å². The fourth-order valence-electron chi connectivity index (χ4n) is 3.02. The number of hydrogen-bond donors (Lipinski definition) is 2. The van der Waals surface area contributed by atoms with Crippen molar-refractivity contribution in [2.45, 2.75) is 72.6 Å². The van der Waals surface area contributed by atoms with Gasteiger partial charge in [0.05, 0.1) is 0 Å². The molecule has 4 nitrogen and oxygen atoms in total. The minimum atomic E-state index is -0.143. The van der Waals surface area contributed by atoms with E-state index in [1.54, 1.807) is 0 Å². The first-order valence-corrected chi connectivity index (χ1v) is 10.2. The van der Waals surface area contributed by atoms with E-state index in [-0.39, 0.29) is 6.03 Å². The van der Waals surface area contributed by atoms with Crippen LogP contribution in [0, 0.1) is 12.8 Å². The average molecular weight is 363 g/mol. The number of amides is 2. The lowest BCUT2D eigenvalue weighted by atomic mass is 9.98. The molecule has 148 valence electrons. The van der Waals surface area contributed by atoms with E-state index in [0.29, 0.717) is 25.0 Å². The standard InChI is InChI=1S/C22H38N2O2/c1-6-8-12-19(7-2)16-26-15-10-14-23-22(25)24-21-18(5)11-9-13-20(21)17(3)4/h9,11,13,17,19H,6-8,10,12,14-16H2,1-5H3,(H2,23,24,25). The van der Waals surface area contributed by atoms with Crippen molar-refractivity contribution in [3.8, 4) is 0 Å². The van der Waals surface area contributed by atoms with Gasteiger partial charge in [-0.25, -0.2) is 4.79 Å². The van der Waals surface area contributed by atoms with Crippen LogP contribution in [0.4, 0.5) is 10.5 Å². The van der Waals surface area contributed by atoms with Crippen molar-refractivity contribution >= 4 is 11.7 Å². The average Bonchev–Trinajstić information content (AvgIpc) is 2.62. The highest BCUT2D eigenvalue weighted by Gasteiger charge is 2.11. The lowest BCUT2D eigenvalue weighted by molar-refractivity contribution is 0.0925. The summed E-state index contributed by atoms with van der Waals surface area (Å²) in [4.78, 5) is 12.2. The van der Waals surface area contributed by atoms with Crippen LogP contribution in [0.5, 0.6) is 0 Å². The molecule has 2 N–H and O–H groups in total. The van der Waals surface area contributed by atoms with Crippen molar-refractivity contribution in [3.63, 3.8) is 0 Å². The maximum Gasteiger partial charge on any atom is 0.319 e. The minimum absolute atomic E-state index is 0.143. The number of ether oxygens (including phenoxy) is 1. The van der Waals surface area contributed by atoms with E-state index in [0.717, 1.165) is 24.3 Å². The lowest BCUT2D eigenvalue weighted by Gasteiger charge is -2.17. The quantitative estimate of drug-likeness (QED) is 0.457. The van der Waals surface area contributed by atoms with Crippen molar-refractivity contribution in [3.05, 3.63) is 29.3 Å². The molecule has 1 atom stereocenters. The van der Waals surface area contributed by atoms with Crippen LogP contribution in [0.15, 0.2) is 18.2 Å². The molecule has 0 aliphatic carbocycles. The van der Waals surface area contributed by atoms with Crippen LogP contribution in [-0.4, -0.2) is 25.8 Å². The van der Waals surface area contributed by atoms with Gasteiger partial charge in [-0.3, -0.25) is 0 Å². The summed E-state index contributed by atoms with van der Waals surface area (Å²) in [7, 11) is 0. The van der Waals surface area contributed by atoms with Gasteiger partial charge in [0.25, 0.3) is 0 Å². The van der Waals surface area contributed by atoms with Gasteiger partial charge in [-0.2, -0.15) is 0 Å². The maximum absolute atomic E-state index is 12.2. The van der Waals surface area contributed by atoms with Gasteiger partial charge in [-0.15, -0.1) is 0 Å². The van der Waals surface area contributed by atoms with E-state index < -0.39 is 0 Å². The Bertz CT molecular complexity index is 529. The summed E-state index contributed by atoms with van der Waals surface area (Å²) in [5, 5.41) is 5.94. The monoisotopic (exact) mass is 362 g/mol. The third-order valence-electron chi connectivity index (χ3n) is 4.81. The summed E-state index contributed by atoms with van der Waals surface area (Å²) in [6.45, 7) is 12.9. The lowest BCUT2D eigenvalue weighted by Crippen LogP contribution is -2.31. The topological polar surface area (TPSA) is 50.4 Å². The van der Waals surface area contributed by atoms with Gasteiger partial charge in [0.1, 0.15) is 0 Å². The zero-order chi connectivity index (χ0) is 19.4. The zero-order valence-corrected chi connectivity index (χ0v) is 17.4. The second-order valence-corrected chi connectivity index (χ2v) is 7.42. The molecular weight excluding hydrogens is 324 g/mol. The highest BCUT2D eigenvalue weighted by atomic mass is 16.5. The maximum atomic E-state index is 12.2. The number of carbonyl (C=O) groups excluding carboxylic acids is 1. The fraction of sp³-hybridized carbons (Fsp3) is 0.682. The molecule has 1 unspecified atom stereocenters. The van der Waals surface area contributed by atoms with Gasteiger partial charge in [0, 0.05) is 25.4 Å². The number of nitrogens with one attached hydrogen (secondary N) is 2. The molecule has 0 heterocycles. The smallest absolute Gasteiger partial charge is 0.319 e. The molecule has 1 aromatic rings. The number of carbonyl (C=O) groups is 1. The van der Waals surface area contributed by atoms with Gasteiger partial charge < -0.3 is 15.4 Å². The van der Waals surface area contributed by atoms with E-state index in [2.05, 4.69) is 44.4 Å². The predicted molar refractivity (Wildman–Crippen MR) is 111 cm³/mol. The van der Waals surface area contributed by atoms with Crippen LogP contribution in [0.25, 0.3) is 0 Å². The second-order valence-electron chi connectivity index (χ2n) is 7.42. The van der Waals surface area contributed by atoms with Gasteiger partial charge in [-0.05, 0) is 42.7 Å². The number of urea groups is 1. The van der Waals surface area contributed by atoms with Crippen LogP contribution in [0.3, 0.4) is 0 Å². The van der Waals surface area contributed by atoms with Crippen molar-refractivity contribution in [2.75, 3.05) is 25.1 Å². The number of unbranched alkanes of at least 4 members (excludes halogenated alkanes) is 1. The van der Waals surface area contributed by atoms with Crippen LogP contribution < -0.4 is 10.6 Å². The molecule has 0 saturated heterocycles. The molecule has 0 aliphatic heterocycles. The number of hydrogen-bond acceptors (Lipinski definition) is 2. The molecular formula is C22H38N2O2. The molecule has 0 aromatic heterocycles. The molecule has 0 radical (unpaired) electrons. The Kier molecular flexibility index (Phi) is 11.0. The summed E-state index contributed by atoms with van der Waals surface area (Å²) in [6, 6.07) is 5.99. The third kappa shape index (κ3) is 8.22. The minimum Gasteiger partial charge on any atom is -0.381 e. The zero-order valence-electron chi connectivity index (χ0n) is 17.4. The van der Waals surface area contributed by atoms with E-state index in [9.17, 15) is 4.79 Å². The largest absolute Gasteiger partial charge is 0.381 e. The third-order valence-corrected chi connectivity index (χ3v) is 4.81. The van der Waals surface area contributed by atoms with E-state index in [4.69, 9.17) is 4.74 Å².